The van der Waals surface area contributed by atoms with E-state index >= 15 is 0 Å². The predicted molar refractivity (Wildman–Crippen MR) is 54.5 cm³/mol. The summed E-state index contributed by atoms with van der Waals surface area (Å²) in [5.74, 6) is -0.351. The number of aliphatic hydroxyl groups is 1. The molecular formula is C11H15FN2O. The molecule has 0 unspecified atom stereocenters. The van der Waals surface area contributed by atoms with Gasteiger partial charge >= 0.3 is 0 Å². The third-order valence-corrected chi connectivity index (χ3v) is 3.16. The van der Waals surface area contributed by atoms with E-state index in [4.69, 9.17) is 5.73 Å². The number of nitrogens with zero attached hydrogens (tertiary/aromatic N) is 1. The number of pyridine rings is 1. The molecule has 0 amide bonds. The van der Waals surface area contributed by atoms with Crippen molar-refractivity contribution in [3.63, 3.8) is 0 Å². The Kier molecular flexibility index (Phi) is 2.71. The molecule has 0 bridgehead atoms. The van der Waals surface area contributed by atoms with Gasteiger partial charge in [0.25, 0.3) is 0 Å². The van der Waals surface area contributed by atoms with E-state index in [2.05, 4.69) is 4.98 Å². The van der Waals surface area contributed by atoms with E-state index in [1.54, 1.807) is 12.3 Å². The van der Waals surface area contributed by atoms with Gasteiger partial charge in [0, 0.05) is 17.3 Å². The lowest BCUT2D eigenvalue weighted by molar-refractivity contribution is 0.0957. The molecule has 0 radical (unpaired) electrons. The van der Waals surface area contributed by atoms with Crippen LogP contribution in [-0.4, -0.2) is 16.2 Å². The zero-order chi connectivity index (χ0) is 10.9. The second-order valence-electron chi connectivity index (χ2n) is 4.24. The van der Waals surface area contributed by atoms with Crippen LogP contribution < -0.4 is 5.73 Å². The molecule has 0 atom stereocenters. The molecule has 15 heavy (non-hydrogen) atoms. The van der Waals surface area contributed by atoms with Gasteiger partial charge in [0.15, 0.2) is 0 Å². The fourth-order valence-electron chi connectivity index (χ4n) is 2.17. The smallest absolute Gasteiger partial charge is 0.146 e. The molecular weight excluding hydrogens is 195 g/mol. The van der Waals surface area contributed by atoms with Crippen molar-refractivity contribution in [2.75, 3.05) is 0 Å². The second-order valence-corrected chi connectivity index (χ2v) is 4.24. The molecule has 1 saturated carbocycles. The summed E-state index contributed by atoms with van der Waals surface area (Å²) in [6.07, 6.45) is 4.97. The van der Waals surface area contributed by atoms with Gasteiger partial charge < -0.3 is 10.8 Å². The molecule has 0 aliphatic heterocycles. The first-order chi connectivity index (χ1) is 7.12. The number of aliphatic hydroxyl groups excluding tert-OH is 1. The van der Waals surface area contributed by atoms with Gasteiger partial charge in [-0.25, -0.2) is 4.39 Å². The van der Waals surface area contributed by atoms with Crippen molar-refractivity contribution in [3.8, 4) is 0 Å². The van der Waals surface area contributed by atoms with E-state index in [0.29, 0.717) is 31.2 Å². The van der Waals surface area contributed by atoms with Crippen molar-refractivity contribution in [3.05, 3.63) is 29.8 Å². The number of nitrogens with two attached hydrogens (primary N) is 1. The molecule has 1 aliphatic rings. The minimum absolute atomic E-state index is 0.286. The largest absolute Gasteiger partial charge is 0.393 e. The van der Waals surface area contributed by atoms with Crippen LogP contribution in [0, 0.1) is 5.82 Å². The first kappa shape index (κ1) is 10.5. The number of rotatable bonds is 1. The van der Waals surface area contributed by atoms with Gasteiger partial charge in [0.05, 0.1) is 12.3 Å². The summed E-state index contributed by atoms with van der Waals surface area (Å²) in [5.41, 5.74) is 6.05. The summed E-state index contributed by atoms with van der Waals surface area (Å²) < 4.78 is 13.5. The molecule has 1 aromatic rings. The van der Waals surface area contributed by atoms with E-state index in [9.17, 15) is 9.50 Å². The predicted octanol–water partition coefficient (Wildman–Crippen LogP) is 1.31. The van der Waals surface area contributed by atoms with Gasteiger partial charge in [-0.3, -0.25) is 4.98 Å². The van der Waals surface area contributed by atoms with Crippen LogP contribution in [0.5, 0.6) is 0 Å². The van der Waals surface area contributed by atoms with Crippen molar-refractivity contribution < 1.29 is 9.50 Å². The van der Waals surface area contributed by atoms with Crippen LogP contribution in [-0.2, 0) is 5.54 Å². The fourth-order valence-corrected chi connectivity index (χ4v) is 2.17. The Labute approximate surface area is 88.1 Å². The normalized spacial score (nSPS) is 31.5. The highest BCUT2D eigenvalue weighted by molar-refractivity contribution is 5.23. The molecule has 82 valence electrons. The molecule has 1 aliphatic carbocycles. The number of halogens is 1. The maximum Gasteiger partial charge on any atom is 0.146 e. The van der Waals surface area contributed by atoms with Crippen LogP contribution in [0.25, 0.3) is 0 Å². The summed E-state index contributed by atoms with van der Waals surface area (Å²) in [6.45, 7) is 0. The van der Waals surface area contributed by atoms with Crippen LogP contribution in [0.4, 0.5) is 4.39 Å². The highest BCUT2D eigenvalue weighted by Crippen LogP contribution is 2.35. The maximum atomic E-state index is 13.5. The number of hydrogen-bond donors (Lipinski definition) is 2. The molecule has 1 heterocycles. The van der Waals surface area contributed by atoms with Crippen molar-refractivity contribution in [2.45, 2.75) is 37.3 Å². The summed E-state index contributed by atoms with van der Waals surface area (Å²) in [5, 5.41) is 9.40. The summed E-state index contributed by atoms with van der Waals surface area (Å²) in [6, 6.07) is 1.63. The molecule has 4 heteroatoms. The molecule has 0 spiro atoms. The SMILES string of the molecule is NC1(c2ccncc2F)CCC(O)CC1. The maximum absolute atomic E-state index is 13.5. The van der Waals surface area contributed by atoms with E-state index < -0.39 is 5.54 Å². The first-order valence-electron chi connectivity index (χ1n) is 5.19. The Morgan fingerprint density at radius 2 is 2.13 bits per heavy atom. The number of aromatic nitrogens is 1. The highest BCUT2D eigenvalue weighted by Gasteiger charge is 2.34. The molecule has 0 saturated heterocycles. The highest BCUT2D eigenvalue weighted by atomic mass is 19.1. The zero-order valence-corrected chi connectivity index (χ0v) is 8.49. The zero-order valence-electron chi connectivity index (χ0n) is 8.49. The van der Waals surface area contributed by atoms with Crippen molar-refractivity contribution in [1.29, 1.82) is 0 Å². The fraction of sp³-hybridized carbons (Fsp3) is 0.545. The van der Waals surface area contributed by atoms with Crippen LogP contribution in [0.3, 0.4) is 0 Å². The number of hydrogen-bond acceptors (Lipinski definition) is 3. The Balaban J connectivity index is 2.26. The average Bonchev–Trinajstić information content (AvgIpc) is 2.23. The monoisotopic (exact) mass is 210 g/mol. The van der Waals surface area contributed by atoms with Crippen molar-refractivity contribution in [1.82, 2.24) is 4.98 Å². The van der Waals surface area contributed by atoms with E-state index in [1.807, 2.05) is 0 Å². The van der Waals surface area contributed by atoms with Crippen LogP contribution in [0.2, 0.25) is 0 Å². The molecule has 1 fully saturated rings. The van der Waals surface area contributed by atoms with Crippen molar-refractivity contribution in [2.24, 2.45) is 5.73 Å². The van der Waals surface area contributed by atoms with Gasteiger partial charge in [0.2, 0.25) is 0 Å². The van der Waals surface area contributed by atoms with Gasteiger partial charge in [-0.05, 0) is 31.7 Å². The molecule has 3 N–H and O–H groups in total. The summed E-state index contributed by atoms with van der Waals surface area (Å²) in [7, 11) is 0. The molecule has 2 rings (SSSR count). The van der Waals surface area contributed by atoms with Crippen LogP contribution in [0.15, 0.2) is 18.5 Å². The van der Waals surface area contributed by atoms with Gasteiger partial charge in [-0.1, -0.05) is 0 Å². The Bertz CT molecular complexity index is 348. The third-order valence-electron chi connectivity index (χ3n) is 3.16. The van der Waals surface area contributed by atoms with E-state index in [0.717, 1.165) is 0 Å². The molecule has 1 aromatic heterocycles. The Hall–Kier alpha value is -1.00. The quantitative estimate of drug-likeness (QED) is 0.734. The summed E-state index contributed by atoms with van der Waals surface area (Å²) in [4.78, 5) is 3.71. The minimum Gasteiger partial charge on any atom is -0.393 e. The van der Waals surface area contributed by atoms with E-state index in [-0.39, 0.29) is 11.9 Å². The Morgan fingerprint density at radius 1 is 1.47 bits per heavy atom. The van der Waals surface area contributed by atoms with Gasteiger partial charge in [0.1, 0.15) is 5.82 Å². The van der Waals surface area contributed by atoms with Gasteiger partial charge in [-0.2, -0.15) is 0 Å². The molecule has 0 aromatic carbocycles. The third kappa shape index (κ3) is 2.01. The standard InChI is InChI=1S/C11H15FN2O/c12-10-7-14-6-3-9(10)11(13)4-1-8(15)2-5-11/h3,6-8,15H,1-2,4-5,13H2. The molecule has 3 nitrogen and oxygen atoms in total. The lowest BCUT2D eigenvalue weighted by Gasteiger charge is -2.36. The lowest BCUT2D eigenvalue weighted by Crippen LogP contribution is -2.42. The minimum atomic E-state index is -0.633. The second kappa shape index (κ2) is 3.87. The summed E-state index contributed by atoms with van der Waals surface area (Å²) >= 11 is 0. The van der Waals surface area contributed by atoms with Crippen molar-refractivity contribution >= 4 is 0 Å². The average molecular weight is 210 g/mol. The van der Waals surface area contributed by atoms with Gasteiger partial charge in [-0.15, -0.1) is 0 Å². The lowest BCUT2D eigenvalue weighted by atomic mass is 9.76. The van der Waals surface area contributed by atoms with Crippen LogP contribution >= 0.6 is 0 Å². The topological polar surface area (TPSA) is 59.1 Å². The van der Waals surface area contributed by atoms with E-state index in [1.165, 1.54) is 6.20 Å². The van der Waals surface area contributed by atoms with Crippen LogP contribution in [0.1, 0.15) is 31.2 Å². The Morgan fingerprint density at radius 3 is 2.73 bits per heavy atom. The first-order valence-corrected chi connectivity index (χ1v) is 5.19.